The van der Waals surface area contributed by atoms with Crippen molar-refractivity contribution < 1.29 is 0 Å². The zero-order valence-corrected chi connectivity index (χ0v) is 11.6. The molecule has 0 bridgehead atoms. The van der Waals surface area contributed by atoms with Crippen LogP contribution in [-0.4, -0.2) is 29.0 Å². The highest BCUT2D eigenvalue weighted by Crippen LogP contribution is 2.22. The van der Waals surface area contributed by atoms with Crippen LogP contribution in [0.5, 0.6) is 0 Å². The van der Waals surface area contributed by atoms with Crippen LogP contribution in [0.3, 0.4) is 0 Å². The molecule has 0 radical (unpaired) electrons. The van der Waals surface area contributed by atoms with Gasteiger partial charge in [-0.05, 0) is 31.5 Å². The maximum absolute atomic E-state index is 6.29. The third-order valence-electron chi connectivity index (χ3n) is 3.69. The molecular weight excluding hydrogens is 258 g/mol. The Hall–Kier alpha value is -1.16. The van der Waals surface area contributed by atoms with Crippen LogP contribution < -0.4 is 5.73 Å². The molecule has 0 unspecified atom stereocenters. The number of hydrogen-bond acceptors (Lipinski definition) is 3. The lowest BCUT2D eigenvalue weighted by molar-refractivity contribution is 0.201. The van der Waals surface area contributed by atoms with Crippen molar-refractivity contribution in [2.45, 2.75) is 25.4 Å². The predicted octanol–water partition coefficient (Wildman–Crippen LogP) is 2.81. The van der Waals surface area contributed by atoms with Crippen molar-refractivity contribution in [2.75, 3.05) is 13.1 Å². The molecular formula is C15H18ClN3. The van der Waals surface area contributed by atoms with E-state index < -0.39 is 0 Å². The smallest absolute Gasteiger partial charge is 0.134 e. The molecule has 4 heteroatoms. The molecule has 2 aromatic rings. The lowest BCUT2D eigenvalue weighted by Crippen LogP contribution is -2.42. The summed E-state index contributed by atoms with van der Waals surface area (Å²) in [6, 6.07) is 10.5. The van der Waals surface area contributed by atoms with Gasteiger partial charge in [-0.15, -0.1) is 0 Å². The summed E-state index contributed by atoms with van der Waals surface area (Å²) in [5.41, 5.74) is 8.06. The number of nitrogens with zero attached hydrogens (tertiary/aromatic N) is 2. The van der Waals surface area contributed by atoms with Gasteiger partial charge in [0.15, 0.2) is 0 Å². The molecule has 3 nitrogen and oxygen atoms in total. The minimum atomic E-state index is 0.293. The van der Waals surface area contributed by atoms with Crippen LogP contribution in [0.2, 0.25) is 5.15 Å². The first kappa shape index (κ1) is 12.9. The van der Waals surface area contributed by atoms with E-state index in [1.54, 1.807) is 0 Å². The third-order valence-corrected chi connectivity index (χ3v) is 4.01. The predicted molar refractivity (Wildman–Crippen MR) is 79.2 cm³/mol. The Morgan fingerprint density at radius 2 is 2.21 bits per heavy atom. The van der Waals surface area contributed by atoms with Crippen LogP contribution in [0.15, 0.2) is 30.3 Å². The molecule has 0 amide bonds. The van der Waals surface area contributed by atoms with Crippen molar-refractivity contribution in [3.63, 3.8) is 0 Å². The molecule has 0 spiro atoms. The van der Waals surface area contributed by atoms with E-state index in [0.717, 1.165) is 42.5 Å². The van der Waals surface area contributed by atoms with Gasteiger partial charge in [0.05, 0.1) is 5.52 Å². The van der Waals surface area contributed by atoms with Crippen molar-refractivity contribution in [3.05, 3.63) is 41.0 Å². The summed E-state index contributed by atoms with van der Waals surface area (Å²) in [6.07, 6.45) is 2.29. The minimum Gasteiger partial charge on any atom is -0.327 e. The summed E-state index contributed by atoms with van der Waals surface area (Å²) in [7, 11) is 0. The molecule has 2 heterocycles. The quantitative estimate of drug-likeness (QED) is 0.857. The van der Waals surface area contributed by atoms with Gasteiger partial charge in [-0.3, -0.25) is 4.90 Å². The van der Waals surface area contributed by atoms with Crippen molar-refractivity contribution in [2.24, 2.45) is 5.73 Å². The number of halogens is 1. The van der Waals surface area contributed by atoms with Crippen molar-refractivity contribution >= 4 is 22.5 Å². The van der Waals surface area contributed by atoms with E-state index in [-0.39, 0.29) is 0 Å². The summed E-state index contributed by atoms with van der Waals surface area (Å²) in [4.78, 5) is 6.83. The second-order valence-electron chi connectivity index (χ2n) is 5.27. The monoisotopic (exact) mass is 275 g/mol. The number of para-hydroxylation sites is 1. The average molecular weight is 276 g/mol. The molecule has 0 aliphatic carbocycles. The normalized spacial score (nSPS) is 20.8. The van der Waals surface area contributed by atoms with Gasteiger partial charge in [0.2, 0.25) is 0 Å². The molecule has 1 aromatic carbocycles. The van der Waals surface area contributed by atoms with Crippen LogP contribution in [0.25, 0.3) is 10.9 Å². The Kier molecular flexibility index (Phi) is 3.69. The van der Waals surface area contributed by atoms with E-state index in [9.17, 15) is 0 Å². The number of nitrogens with two attached hydrogens (primary N) is 1. The first-order chi connectivity index (χ1) is 9.22. The number of likely N-dealkylation sites (tertiary alicyclic amines) is 1. The topological polar surface area (TPSA) is 42.1 Å². The number of rotatable bonds is 2. The van der Waals surface area contributed by atoms with Crippen LogP contribution in [0.1, 0.15) is 18.4 Å². The Balaban J connectivity index is 1.85. The van der Waals surface area contributed by atoms with Crippen LogP contribution in [-0.2, 0) is 6.54 Å². The first-order valence-electron chi connectivity index (χ1n) is 6.74. The Morgan fingerprint density at radius 1 is 1.37 bits per heavy atom. The van der Waals surface area contributed by atoms with Gasteiger partial charge >= 0.3 is 0 Å². The highest BCUT2D eigenvalue weighted by molar-refractivity contribution is 6.30. The Bertz CT molecular complexity index is 585. The van der Waals surface area contributed by atoms with Crippen molar-refractivity contribution in [1.82, 2.24) is 9.88 Å². The number of benzene rings is 1. The fourth-order valence-corrected chi connectivity index (χ4v) is 2.93. The van der Waals surface area contributed by atoms with Gasteiger partial charge in [0.1, 0.15) is 5.15 Å². The second-order valence-corrected chi connectivity index (χ2v) is 5.63. The molecule has 100 valence electrons. The van der Waals surface area contributed by atoms with Gasteiger partial charge in [-0.2, -0.15) is 0 Å². The van der Waals surface area contributed by atoms with E-state index in [1.165, 1.54) is 6.42 Å². The molecule has 1 aliphatic rings. The average Bonchev–Trinajstić information content (AvgIpc) is 2.40. The number of hydrogen-bond donors (Lipinski definition) is 1. The zero-order valence-electron chi connectivity index (χ0n) is 10.8. The van der Waals surface area contributed by atoms with E-state index >= 15 is 0 Å². The molecule has 19 heavy (non-hydrogen) atoms. The van der Waals surface area contributed by atoms with E-state index in [2.05, 4.69) is 22.0 Å². The molecule has 3 rings (SSSR count). The Labute approximate surface area is 118 Å². The highest BCUT2D eigenvalue weighted by Gasteiger charge is 2.18. The summed E-state index contributed by atoms with van der Waals surface area (Å²) < 4.78 is 0. The minimum absolute atomic E-state index is 0.293. The molecule has 1 atom stereocenters. The number of aromatic nitrogens is 1. The molecule has 1 saturated heterocycles. The van der Waals surface area contributed by atoms with Crippen LogP contribution in [0, 0.1) is 0 Å². The lowest BCUT2D eigenvalue weighted by atomic mass is 10.1. The number of piperidine rings is 1. The number of pyridine rings is 1. The largest absolute Gasteiger partial charge is 0.327 e. The second kappa shape index (κ2) is 5.45. The summed E-state index contributed by atoms with van der Waals surface area (Å²) in [5.74, 6) is 0. The first-order valence-corrected chi connectivity index (χ1v) is 7.12. The number of fused-ring (bicyclic) bond motifs is 1. The SMILES string of the molecule is N[C@@H]1CCCN(Cc2cc3ccccc3nc2Cl)C1. The summed E-state index contributed by atoms with van der Waals surface area (Å²) >= 11 is 6.29. The van der Waals surface area contributed by atoms with Crippen LogP contribution >= 0.6 is 11.6 Å². The van der Waals surface area contributed by atoms with E-state index in [1.807, 2.05) is 18.2 Å². The third kappa shape index (κ3) is 2.89. The van der Waals surface area contributed by atoms with Gasteiger partial charge in [0.25, 0.3) is 0 Å². The van der Waals surface area contributed by atoms with Gasteiger partial charge in [-0.1, -0.05) is 29.8 Å². The van der Waals surface area contributed by atoms with Crippen molar-refractivity contribution in [1.29, 1.82) is 0 Å². The summed E-state index contributed by atoms with van der Waals surface area (Å²) in [5, 5.41) is 1.75. The zero-order chi connectivity index (χ0) is 13.2. The van der Waals surface area contributed by atoms with Gasteiger partial charge < -0.3 is 5.73 Å². The lowest BCUT2D eigenvalue weighted by Gasteiger charge is -2.30. The van der Waals surface area contributed by atoms with Crippen LogP contribution in [0.4, 0.5) is 0 Å². The fourth-order valence-electron chi connectivity index (χ4n) is 2.72. The standard InChI is InChI=1S/C15H18ClN3/c16-15-12(9-19-7-3-5-13(17)10-19)8-11-4-1-2-6-14(11)18-15/h1-2,4,6,8,13H,3,5,7,9-10,17H2/t13-/m1/s1. The fraction of sp³-hybridized carbons (Fsp3) is 0.400. The molecule has 1 aromatic heterocycles. The molecule has 1 aliphatic heterocycles. The van der Waals surface area contributed by atoms with Gasteiger partial charge in [0, 0.05) is 30.1 Å². The van der Waals surface area contributed by atoms with E-state index in [4.69, 9.17) is 17.3 Å². The molecule has 0 saturated carbocycles. The maximum atomic E-state index is 6.29. The highest BCUT2D eigenvalue weighted by atomic mass is 35.5. The van der Waals surface area contributed by atoms with Crippen molar-refractivity contribution in [3.8, 4) is 0 Å². The molecule has 1 fully saturated rings. The Morgan fingerprint density at radius 3 is 3.05 bits per heavy atom. The van der Waals surface area contributed by atoms with Gasteiger partial charge in [-0.25, -0.2) is 4.98 Å². The van der Waals surface area contributed by atoms with E-state index in [0.29, 0.717) is 11.2 Å². The summed E-state index contributed by atoms with van der Waals surface area (Å²) in [6.45, 7) is 2.88. The maximum Gasteiger partial charge on any atom is 0.134 e. The molecule has 2 N–H and O–H groups in total.